The number of aliphatic hydroxyl groups excluding tert-OH is 1. The lowest BCUT2D eigenvalue weighted by Gasteiger charge is -2.13. The number of aliphatic hydroxyl groups is 1. The molecule has 0 aliphatic carbocycles. The zero-order chi connectivity index (χ0) is 11.5. The van der Waals surface area contributed by atoms with Gasteiger partial charge in [-0.15, -0.1) is 0 Å². The van der Waals surface area contributed by atoms with E-state index >= 15 is 0 Å². The van der Waals surface area contributed by atoms with Gasteiger partial charge in [0.2, 0.25) is 6.79 Å². The maximum absolute atomic E-state index is 10.7. The summed E-state index contributed by atoms with van der Waals surface area (Å²) in [6.45, 7) is -0.315. The maximum Gasteiger partial charge on any atom is 0.328 e. The molecule has 1 aromatic rings. The Labute approximate surface area is 91.4 Å². The Hall–Kier alpha value is -1.95. The highest BCUT2D eigenvalue weighted by Crippen LogP contribution is 2.34. The van der Waals surface area contributed by atoms with E-state index in [2.05, 4.69) is 5.32 Å². The van der Waals surface area contributed by atoms with E-state index in [0.29, 0.717) is 17.2 Å². The Bertz CT molecular complexity index is 406. The number of fused-ring (bicyclic) bond motifs is 1. The molecular weight excluding hydrogens is 214 g/mol. The van der Waals surface area contributed by atoms with Gasteiger partial charge in [-0.05, 0) is 12.1 Å². The first kappa shape index (κ1) is 10.6. The minimum Gasteiger partial charge on any atom is -0.480 e. The number of carbonyl (C=O) groups is 1. The van der Waals surface area contributed by atoms with E-state index < -0.39 is 18.6 Å². The summed E-state index contributed by atoms with van der Waals surface area (Å²) in [5.41, 5.74) is 0.561. The lowest BCUT2D eigenvalue weighted by molar-refractivity contribution is -0.138. The Morgan fingerprint density at radius 2 is 2.19 bits per heavy atom. The van der Waals surface area contributed by atoms with Crippen LogP contribution >= 0.6 is 0 Å². The lowest BCUT2D eigenvalue weighted by Crippen LogP contribution is -2.32. The first-order chi connectivity index (χ1) is 7.70. The lowest BCUT2D eigenvalue weighted by atomic mass is 10.2. The number of nitrogens with one attached hydrogen (secondary N) is 1. The highest BCUT2D eigenvalue weighted by molar-refractivity contribution is 5.77. The number of hydrogen-bond donors (Lipinski definition) is 3. The van der Waals surface area contributed by atoms with Crippen LogP contribution in [0.15, 0.2) is 18.2 Å². The summed E-state index contributed by atoms with van der Waals surface area (Å²) in [6, 6.07) is 3.95. The van der Waals surface area contributed by atoms with Gasteiger partial charge in [0, 0.05) is 11.8 Å². The standard InChI is InChI=1S/C10H11NO5/c12-4-7(10(13)14)11-6-1-2-8-9(3-6)16-5-15-8/h1-3,7,11-12H,4-5H2,(H,13,14). The number of carboxylic acid groups (broad SMARTS) is 1. The molecule has 1 heterocycles. The van der Waals surface area contributed by atoms with Crippen molar-refractivity contribution < 1.29 is 24.5 Å². The van der Waals surface area contributed by atoms with Gasteiger partial charge in [-0.3, -0.25) is 0 Å². The van der Waals surface area contributed by atoms with Crippen molar-refractivity contribution in [3.63, 3.8) is 0 Å². The Morgan fingerprint density at radius 1 is 1.44 bits per heavy atom. The zero-order valence-corrected chi connectivity index (χ0v) is 8.34. The minimum atomic E-state index is -1.11. The van der Waals surface area contributed by atoms with Crippen LogP contribution in [0.1, 0.15) is 0 Å². The van der Waals surface area contributed by atoms with Crippen LogP contribution in [0.5, 0.6) is 11.5 Å². The molecule has 6 nitrogen and oxygen atoms in total. The van der Waals surface area contributed by atoms with Crippen LogP contribution < -0.4 is 14.8 Å². The van der Waals surface area contributed by atoms with Gasteiger partial charge < -0.3 is 25.0 Å². The van der Waals surface area contributed by atoms with Gasteiger partial charge in [0.1, 0.15) is 6.04 Å². The number of anilines is 1. The van der Waals surface area contributed by atoms with Gasteiger partial charge in [-0.1, -0.05) is 0 Å². The molecular formula is C10H11NO5. The molecule has 1 atom stereocenters. The van der Waals surface area contributed by atoms with Crippen LogP contribution in [-0.2, 0) is 4.79 Å². The second kappa shape index (κ2) is 4.28. The van der Waals surface area contributed by atoms with E-state index in [1.807, 2.05) is 0 Å². The molecule has 2 rings (SSSR count). The summed E-state index contributed by atoms with van der Waals surface area (Å²) < 4.78 is 10.3. The van der Waals surface area contributed by atoms with E-state index in [1.165, 1.54) is 0 Å². The van der Waals surface area contributed by atoms with Crippen LogP contribution in [0.3, 0.4) is 0 Å². The van der Waals surface area contributed by atoms with Gasteiger partial charge >= 0.3 is 5.97 Å². The molecule has 1 aromatic carbocycles. The highest BCUT2D eigenvalue weighted by Gasteiger charge is 2.18. The van der Waals surface area contributed by atoms with E-state index in [-0.39, 0.29) is 6.79 Å². The highest BCUT2D eigenvalue weighted by atomic mass is 16.7. The number of carboxylic acids is 1. The predicted molar refractivity (Wildman–Crippen MR) is 54.7 cm³/mol. The quantitative estimate of drug-likeness (QED) is 0.681. The van der Waals surface area contributed by atoms with Crippen molar-refractivity contribution >= 4 is 11.7 Å². The third-order valence-electron chi connectivity index (χ3n) is 2.19. The van der Waals surface area contributed by atoms with Crippen LogP contribution in [0.25, 0.3) is 0 Å². The third kappa shape index (κ3) is 2.01. The fourth-order valence-electron chi connectivity index (χ4n) is 1.37. The molecule has 0 spiro atoms. The molecule has 0 fully saturated rings. The summed E-state index contributed by atoms with van der Waals surface area (Å²) in [6.07, 6.45) is 0. The molecule has 1 aliphatic heterocycles. The number of rotatable bonds is 4. The number of aliphatic carboxylic acids is 1. The van der Waals surface area contributed by atoms with Gasteiger partial charge in [0.25, 0.3) is 0 Å². The summed E-state index contributed by atoms with van der Waals surface area (Å²) >= 11 is 0. The van der Waals surface area contributed by atoms with Crippen molar-refractivity contribution in [3.05, 3.63) is 18.2 Å². The van der Waals surface area contributed by atoms with Crippen LogP contribution in [0.2, 0.25) is 0 Å². The molecule has 0 amide bonds. The predicted octanol–water partition coefficient (Wildman–Crippen LogP) is 0.273. The Kier molecular flexibility index (Phi) is 2.82. The van der Waals surface area contributed by atoms with E-state index in [1.54, 1.807) is 18.2 Å². The Balaban J connectivity index is 2.13. The van der Waals surface area contributed by atoms with E-state index in [4.69, 9.17) is 19.7 Å². The maximum atomic E-state index is 10.7. The average Bonchev–Trinajstić information content (AvgIpc) is 2.72. The average molecular weight is 225 g/mol. The van der Waals surface area contributed by atoms with Crippen LogP contribution in [0.4, 0.5) is 5.69 Å². The van der Waals surface area contributed by atoms with Gasteiger partial charge in [0.15, 0.2) is 11.5 Å². The molecule has 16 heavy (non-hydrogen) atoms. The smallest absolute Gasteiger partial charge is 0.328 e. The van der Waals surface area contributed by atoms with Crippen LogP contribution in [0, 0.1) is 0 Å². The first-order valence-corrected chi connectivity index (χ1v) is 4.70. The number of hydrogen-bond acceptors (Lipinski definition) is 5. The third-order valence-corrected chi connectivity index (χ3v) is 2.19. The first-order valence-electron chi connectivity index (χ1n) is 4.70. The summed E-state index contributed by atoms with van der Waals surface area (Å²) in [7, 11) is 0. The largest absolute Gasteiger partial charge is 0.480 e. The Morgan fingerprint density at radius 3 is 2.88 bits per heavy atom. The minimum absolute atomic E-state index is 0.168. The molecule has 0 aromatic heterocycles. The topological polar surface area (TPSA) is 88.0 Å². The fourth-order valence-corrected chi connectivity index (χ4v) is 1.37. The molecule has 1 unspecified atom stereocenters. The van der Waals surface area contributed by atoms with E-state index in [0.717, 1.165) is 0 Å². The van der Waals surface area contributed by atoms with Crippen molar-refractivity contribution in [2.24, 2.45) is 0 Å². The van der Waals surface area contributed by atoms with E-state index in [9.17, 15) is 4.79 Å². The number of ether oxygens (including phenoxy) is 2. The molecule has 86 valence electrons. The summed E-state index contributed by atoms with van der Waals surface area (Å²) in [5.74, 6) is 0.0775. The molecule has 0 bridgehead atoms. The summed E-state index contributed by atoms with van der Waals surface area (Å²) in [4.78, 5) is 10.7. The van der Waals surface area contributed by atoms with Crippen molar-refractivity contribution in [2.75, 3.05) is 18.7 Å². The molecule has 0 radical (unpaired) electrons. The molecule has 0 saturated carbocycles. The molecule has 3 N–H and O–H groups in total. The normalized spacial score (nSPS) is 14.6. The van der Waals surface area contributed by atoms with Gasteiger partial charge in [-0.2, -0.15) is 0 Å². The van der Waals surface area contributed by atoms with Crippen molar-refractivity contribution in [1.82, 2.24) is 0 Å². The molecule has 6 heteroatoms. The molecule has 1 aliphatic rings. The fraction of sp³-hybridized carbons (Fsp3) is 0.300. The van der Waals surface area contributed by atoms with Gasteiger partial charge in [-0.25, -0.2) is 4.79 Å². The second-order valence-corrected chi connectivity index (χ2v) is 3.29. The summed E-state index contributed by atoms with van der Waals surface area (Å²) in [5, 5.41) is 20.3. The second-order valence-electron chi connectivity index (χ2n) is 3.29. The van der Waals surface area contributed by atoms with Crippen molar-refractivity contribution in [1.29, 1.82) is 0 Å². The zero-order valence-electron chi connectivity index (χ0n) is 8.34. The van der Waals surface area contributed by atoms with Crippen molar-refractivity contribution in [2.45, 2.75) is 6.04 Å². The monoisotopic (exact) mass is 225 g/mol. The van der Waals surface area contributed by atoms with Crippen molar-refractivity contribution in [3.8, 4) is 11.5 Å². The number of benzene rings is 1. The van der Waals surface area contributed by atoms with Crippen LogP contribution in [-0.4, -0.2) is 35.6 Å². The SMILES string of the molecule is O=C(O)C(CO)Nc1ccc2c(c1)OCO2. The van der Waals surface area contributed by atoms with Gasteiger partial charge in [0.05, 0.1) is 6.61 Å². The molecule has 0 saturated heterocycles.